The minimum Gasteiger partial charge on any atom is -0.396 e. The first-order chi connectivity index (χ1) is 10.2. The van der Waals surface area contributed by atoms with Gasteiger partial charge in [0.1, 0.15) is 5.01 Å². The summed E-state index contributed by atoms with van der Waals surface area (Å²) in [6, 6.07) is 2.04. The average Bonchev–Trinajstić information content (AvgIpc) is 3.13. The van der Waals surface area contributed by atoms with Crippen LogP contribution in [0.1, 0.15) is 25.0 Å². The molecule has 0 aliphatic heterocycles. The third-order valence-corrected chi connectivity index (χ3v) is 4.85. The Morgan fingerprint density at radius 1 is 1.33 bits per heavy atom. The second kappa shape index (κ2) is 8.26. The number of aliphatic hydroxyl groups excluding tert-OH is 1. The van der Waals surface area contributed by atoms with E-state index in [4.69, 9.17) is 5.11 Å². The zero-order chi connectivity index (χ0) is 15.1. The van der Waals surface area contributed by atoms with Gasteiger partial charge < -0.3 is 10.0 Å². The van der Waals surface area contributed by atoms with E-state index in [1.54, 1.807) is 27.6 Å². The van der Waals surface area contributed by atoms with Crippen LogP contribution in [0.5, 0.6) is 0 Å². The van der Waals surface area contributed by atoms with Gasteiger partial charge in [-0.05, 0) is 30.7 Å². The van der Waals surface area contributed by atoms with Gasteiger partial charge in [0.25, 0.3) is 0 Å². The average molecular weight is 324 g/mol. The van der Waals surface area contributed by atoms with E-state index in [0.717, 1.165) is 42.1 Å². The molecule has 0 radical (unpaired) electrons. The van der Waals surface area contributed by atoms with Crippen LogP contribution in [0.2, 0.25) is 0 Å². The Hall–Kier alpha value is -1.24. The summed E-state index contributed by atoms with van der Waals surface area (Å²) in [5.74, 6) is 0.0983. The minimum absolute atomic E-state index is 0.0983. The molecule has 0 aromatic carbocycles. The van der Waals surface area contributed by atoms with E-state index < -0.39 is 0 Å². The molecule has 114 valence electrons. The number of unbranched alkanes of at least 4 members (excludes halogenated alkanes) is 2. The Morgan fingerprint density at radius 2 is 2.19 bits per heavy atom. The van der Waals surface area contributed by atoms with Crippen molar-refractivity contribution < 1.29 is 9.90 Å². The summed E-state index contributed by atoms with van der Waals surface area (Å²) in [5, 5.41) is 15.8. The Morgan fingerprint density at radius 3 is 2.90 bits per heavy atom. The molecule has 2 aromatic rings. The number of likely N-dealkylation sites (N-methyl/N-ethyl adjacent to an activating group) is 1. The zero-order valence-electron chi connectivity index (χ0n) is 12.1. The number of thiazole rings is 1. The van der Waals surface area contributed by atoms with Crippen LogP contribution in [-0.4, -0.2) is 41.1 Å². The summed E-state index contributed by atoms with van der Waals surface area (Å²) >= 11 is 3.23. The normalized spacial score (nSPS) is 10.8. The van der Waals surface area contributed by atoms with Gasteiger partial charge in [-0.2, -0.15) is 11.3 Å². The van der Waals surface area contributed by atoms with Gasteiger partial charge in [0.05, 0.1) is 12.1 Å². The minimum atomic E-state index is 0.0983. The van der Waals surface area contributed by atoms with E-state index in [2.05, 4.69) is 10.4 Å². The van der Waals surface area contributed by atoms with Crippen molar-refractivity contribution in [3.05, 3.63) is 27.9 Å². The van der Waals surface area contributed by atoms with Crippen molar-refractivity contribution in [2.24, 2.45) is 0 Å². The largest absolute Gasteiger partial charge is 0.396 e. The molecule has 0 spiro atoms. The van der Waals surface area contributed by atoms with E-state index in [0.29, 0.717) is 6.42 Å². The van der Waals surface area contributed by atoms with Crippen molar-refractivity contribution in [2.75, 3.05) is 20.2 Å². The number of nitrogens with zero attached hydrogens (tertiary/aromatic N) is 2. The molecular weight excluding hydrogens is 304 g/mol. The number of carbonyl (C=O) groups is 1. The van der Waals surface area contributed by atoms with Gasteiger partial charge in [0, 0.05) is 36.5 Å². The molecule has 4 nitrogen and oxygen atoms in total. The van der Waals surface area contributed by atoms with Crippen molar-refractivity contribution in [3.8, 4) is 10.6 Å². The predicted molar refractivity (Wildman–Crippen MR) is 87.7 cm³/mol. The molecule has 0 aliphatic carbocycles. The molecule has 1 N–H and O–H groups in total. The second-order valence-electron chi connectivity index (χ2n) is 4.93. The summed E-state index contributed by atoms with van der Waals surface area (Å²) < 4.78 is 0. The van der Waals surface area contributed by atoms with Crippen molar-refractivity contribution in [2.45, 2.75) is 25.7 Å². The molecule has 1 amide bonds. The molecule has 2 heterocycles. The molecule has 0 unspecified atom stereocenters. The fraction of sp³-hybridized carbons (Fsp3) is 0.467. The number of thiophene rings is 1. The first-order valence-corrected chi connectivity index (χ1v) is 8.84. The van der Waals surface area contributed by atoms with Gasteiger partial charge in [-0.25, -0.2) is 4.98 Å². The Labute approximate surface area is 133 Å². The van der Waals surface area contributed by atoms with Gasteiger partial charge >= 0.3 is 0 Å². The lowest BCUT2D eigenvalue weighted by Crippen LogP contribution is -2.29. The highest BCUT2D eigenvalue weighted by Crippen LogP contribution is 2.25. The SMILES string of the molecule is CN(CCCCCO)C(=O)Cc1csc(-c2ccsc2)n1. The monoisotopic (exact) mass is 324 g/mol. The number of rotatable bonds is 8. The van der Waals surface area contributed by atoms with E-state index in [-0.39, 0.29) is 12.5 Å². The van der Waals surface area contributed by atoms with Crippen molar-refractivity contribution >= 4 is 28.6 Å². The van der Waals surface area contributed by atoms with Crippen LogP contribution >= 0.6 is 22.7 Å². The van der Waals surface area contributed by atoms with E-state index in [9.17, 15) is 4.79 Å². The summed E-state index contributed by atoms with van der Waals surface area (Å²) in [5.41, 5.74) is 1.97. The first kappa shape index (κ1) is 16.1. The Balaban J connectivity index is 1.82. The topological polar surface area (TPSA) is 53.4 Å². The highest BCUT2D eigenvalue weighted by atomic mass is 32.1. The van der Waals surface area contributed by atoms with Crippen LogP contribution < -0.4 is 0 Å². The van der Waals surface area contributed by atoms with Crippen LogP contribution in [0, 0.1) is 0 Å². The molecule has 0 atom stereocenters. The number of aliphatic hydroxyl groups is 1. The second-order valence-corrected chi connectivity index (χ2v) is 6.57. The molecule has 21 heavy (non-hydrogen) atoms. The number of hydrogen-bond donors (Lipinski definition) is 1. The fourth-order valence-electron chi connectivity index (χ4n) is 1.96. The molecule has 0 fully saturated rings. The lowest BCUT2D eigenvalue weighted by atomic mass is 10.2. The van der Waals surface area contributed by atoms with Gasteiger partial charge in [0.15, 0.2) is 0 Å². The van der Waals surface area contributed by atoms with Gasteiger partial charge in [-0.3, -0.25) is 4.79 Å². The number of amides is 1. The zero-order valence-corrected chi connectivity index (χ0v) is 13.8. The predicted octanol–water partition coefficient (Wildman–Crippen LogP) is 3.04. The van der Waals surface area contributed by atoms with Crippen LogP contribution in [0.3, 0.4) is 0 Å². The Bertz CT molecular complexity index is 552. The quantitative estimate of drug-likeness (QED) is 0.759. The first-order valence-electron chi connectivity index (χ1n) is 7.02. The summed E-state index contributed by atoms with van der Waals surface area (Å²) in [7, 11) is 1.83. The molecular formula is C15H20N2O2S2. The third kappa shape index (κ3) is 4.91. The number of hydrogen-bond acceptors (Lipinski definition) is 5. The van der Waals surface area contributed by atoms with Crippen molar-refractivity contribution in [1.29, 1.82) is 0 Å². The van der Waals surface area contributed by atoms with E-state index in [1.807, 2.05) is 23.9 Å². The van der Waals surface area contributed by atoms with E-state index in [1.165, 1.54) is 0 Å². The van der Waals surface area contributed by atoms with Crippen molar-refractivity contribution in [3.63, 3.8) is 0 Å². The maximum absolute atomic E-state index is 12.1. The molecule has 2 aromatic heterocycles. The molecule has 0 saturated heterocycles. The molecule has 2 rings (SSSR count). The van der Waals surface area contributed by atoms with Crippen molar-refractivity contribution in [1.82, 2.24) is 9.88 Å². The maximum Gasteiger partial charge on any atom is 0.228 e. The summed E-state index contributed by atoms with van der Waals surface area (Å²) in [6.45, 7) is 0.961. The van der Waals surface area contributed by atoms with Crippen LogP contribution in [-0.2, 0) is 11.2 Å². The van der Waals surface area contributed by atoms with Gasteiger partial charge in [-0.1, -0.05) is 0 Å². The number of aromatic nitrogens is 1. The number of carbonyl (C=O) groups excluding carboxylic acids is 1. The summed E-state index contributed by atoms with van der Waals surface area (Å²) in [4.78, 5) is 18.4. The third-order valence-electron chi connectivity index (χ3n) is 3.23. The lowest BCUT2D eigenvalue weighted by molar-refractivity contribution is -0.129. The van der Waals surface area contributed by atoms with Crippen LogP contribution in [0.4, 0.5) is 0 Å². The molecule has 0 bridgehead atoms. The van der Waals surface area contributed by atoms with Crippen LogP contribution in [0.15, 0.2) is 22.2 Å². The lowest BCUT2D eigenvalue weighted by Gasteiger charge is -2.16. The fourth-order valence-corrected chi connectivity index (χ4v) is 3.49. The van der Waals surface area contributed by atoms with Gasteiger partial charge in [-0.15, -0.1) is 11.3 Å². The maximum atomic E-state index is 12.1. The summed E-state index contributed by atoms with van der Waals surface area (Å²) in [6.07, 6.45) is 3.04. The molecule has 6 heteroatoms. The molecule has 0 saturated carbocycles. The standard InChI is InChI=1S/C15H20N2O2S2/c1-17(6-3-2-4-7-18)14(19)9-13-11-21-15(16-13)12-5-8-20-10-12/h5,8,10-11,18H,2-4,6-7,9H2,1H3. The highest BCUT2D eigenvalue weighted by Gasteiger charge is 2.12. The smallest absolute Gasteiger partial charge is 0.228 e. The van der Waals surface area contributed by atoms with Crippen LogP contribution in [0.25, 0.3) is 10.6 Å². The molecule has 0 aliphatic rings. The Kier molecular flexibility index (Phi) is 6.35. The highest BCUT2D eigenvalue weighted by molar-refractivity contribution is 7.14. The van der Waals surface area contributed by atoms with E-state index >= 15 is 0 Å². The van der Waals surface area contributed by atoms with Gasteiger partial charge in [0.2, 0.25) is 5.91 Å².